The van der Waals surface area contributed by atoms with E-state index in [-0.39, 0.29) is 5.97 Å². The maximum Gasteiger partial charge on any atom is 0.305 e. The van der Waals surface area contributed by atoms with Gasteiger partial charge in [0.2, 0.25) is 0 Å². The molecule has 0 bridgehead atoms. The Morgan fingerprint density at radius 3 is 2.14 bits per heavy atom. The number of ether oxygens (including phenoxy) is 1. The summed E-state index contributed by atoms with van der Waals surface area (Å²) in [5, 5.41) is 0. The van der Waals surface area contributed by atoms with E-state index in [2.05, 4.69) is 6.92 Å². The van der Waals surface area contributed by atoms with Crippen LogP contribution >= 0.6 is 0 Å². The zero-order valence-corrected chi connectivity index (χ0v) is 14.1. The highest BCUT2D eigenvalue weighted by Gasteiger charge is 2.35. The van der Waals surface area contributed by atoms with Crippen molar-refractivity contribution in [1.82, 2.24) is 0 Å². The Hall–Kier alpha value is -0.530. The van der Waals surface area contributed by atoms with E-state index in [1.807, 2.05) is 6.92 Å². The molecule has 2 saturated carbocycles. The average molecular weight is 294 g/mol. The Morgan fingerprint density at radius 2 is 1.57 bits per heavy atom. The number of unbranched alkanes of at least 4 members (excludes halogenated alkanes) is 1. The van der Waals surface area contributed by atoms with Crippen LogP contribution in [0, 0.1) is 23.7 Å². The molecule has 0 radical (unpaired) electrons. The van der Waals surface area contributed by atoms with Crippen LogP contribution in [-0.2, 0) is 9.53 Å². The van der Waals surface area contributed by atoms with Gasteiger partial charge in [-0.2, -0.15) is 0 Å². The van der Waals surface area contributed by atoms with Crippen LogP contribution in [0.3, 0.4) is 0 Å². The summed E-state index contributed by atoms with van der Waals surface area (Å²) in [6.45, 7) is 4.71. The third-order valence-corrected chi connectivity index (χ3v) is 5.86. The Kier molecular flexibility index (Phi) is 7.06. The molecular formula is C19H34O2. The Morgan fingerprint density at radius 1 is 0.952 bits per heavy atom. The lowest BCUT2D eigenvalue weighted by Gasteiger charge is -2.19. The van der Waals surface area contributed by atoms with E-state index in [0.29, 0.717) is 13.0 Å². The molecule has 2 aliphatic carbocycles. The summed E-state index contributed by atoms with van der Waals surface area (Å²) >= 11 is 0. The fourth-order valence-electron chi connectivity index (χ4n) is 4.66. The molecule has 4 unspecified atom stereocenters. The Bertz CT molecular complexity index is 313. The first-order valence-electron chi connectivity index (χ1n) is 9.38. The summed E-state index contributed by atoms with van der Waals surface area (Å²) < 4.78 is 5.04. The minimum absolute atomic E-state index is 0.00134. The zero-order valence-electron chi connectivity index (χ0n) is 14.1. The Balaban J connectivity index is 1.65. The van der Waals surface area contributed by atoms with Crippen LogP contribution < -0.4 is 0 Å². The van der Waals surface area contributed by atoms with E-state index in [1.165, 1.54) is 57.8 Å². The van der Waals surface area contributed by atoms with Gasteiger partial charge in [0.05, 0.1) is 6.61 Å². The molecule has 0 spiro atoms. The van der Waals surface area contributed by atoms with Gasteiger partial charge in [-0.3, -0.25) is 4.79 Å². The molecule has 2 fully saturated rings. The van der Waals surface area contributed by atoms with Crippen molar-refractivity contribution < 1.29 is 9.53 Å². The van der Waals surface area contributed by atoms with Crippen molar-refractivity contribution in [3.05, 3.63) is 0 Å². The molecule has 4 atom stereocenters. The van der Waals surface area contributed by atoms with Crippen LogP contribution in [0.4, 0.5) is 0 Å². The third kappa shape index (κ3) is 5.30. The number of rotatable bonds is 8. The van der Waals surface area contributed by atoms with Crippen molar-refractivity contribution in [2.45, 2.75) is 84.5 Å². The van der Waals surface area contributed by atoms with Crippen LogP contribution in [0.25, 0.3) is 0 Å². The second kappa shape index (κ2) is 8.80. The molecule has 0 aromatic rings. The molecule has 0 heterocycles. The van der Waals surface area contributed by atoms with Crippen LogP contribution in [-0.4, -0.2) is 12.6 Å². The Labute approximate surface area is 131 Å². The second-order valence-electron chi connectivity index (χ2n) is 7.36. The van der Waals surface area contributed by atoms with E-state index in [1.54, 1.807) is 0 Å². The van der Waals surface area contributed by atoms with Gasteiger partial charge >= 0.3 is 5.97 Å². The molecule has 0 N–H and O–H groups in total. The van der Waals surface area contributed by atoms with E-state index in [9.17, 15) is 4.79 Å². The molecule has 2 nitrogen and oxygen atoms in total. The summed E-state index contributed by atoms with van der Waals surface area (Å²) in [5.41, 5.74) is 0. The maximum atomic E-state index is 11.5. The van der Waals surface area contributed by atoms with Gasteiger partial charge in [-0.15, -0.1) is 0 Å². The quantitative estimate of drug-likeness (QED) is 0.564. The van der Waals surface area contributed by atoms with Crippen LogP contribution in [0.5, 0.6) is 0 Å². The lowest BCUT2D eigenvalue weighted by Crippen LogP contribution is -2.10. The topological polar surface area (TPSA) is 26.3 Å². The fraction of sp³-hybridized carbons (Fsp3) is 0.947. The van der Waals surface area contributed by atoms with Gasteiger partial charge in [-0.1, -0.05) is 39.0 Å². The molecule has 21 heavy (non-hydrogen) atoms. The summed E-state index contributed by atoms with van der Waals surface area (Å²) in [4.78, 5) is 11.5. The highest BCUT2D eigenvalue weighted by atomic mass is 16.5. The van der Waals surface area contributed by atoms with Gasteiger partial charge in [0, 0.05) is 6.42 Å². The highest BCUT2D eigenvalue weighted by molar-refractivity contribution is 5.69. The summed E-state index contributed by atoms with van der Waals surface area (Å²) in [6, 6.07) is 0. The van der Waals surface area contributed by atoms with Crippen molar-refractivity contribution in [1.29, 1.82) is 0 Å². The first-order chi connectivity index (χ1) is 10.2. The highest BCUT2D eigenvalue weighted by Crippen LogP contribution is 2.46. The maximum absolute atomic E-state index is 11.5. The molecule has 0 aromatic heterocycles. The van der Waals surface area contributed by atoms with Gasteiger partial charge < -0.3 is 4.74 Å². The number of carbonyl (C=O) groups excluding carboxylic acids is 1. The number of carbonyl (C=O) groups is 1. The molecule has 122 valence electrons. The van der Waals surface area contributed by atoms with Crippen LogP contribution in [0.15, 0.2) is 0 Å². The molecule has 2 rings (SSSR count). The molecule has 0 aromatic carbocycles. The van der Waals surface area contributed by atoms with E-state index in [0.717, 1.165) is 30.1 Å². The van der Waals surface area contributed by atoms with Gasteiger partial charge in [0.1, 0.15) is 0 Å². The molecule has 0 saturated heterocycles. The first-order valence-corrected chi connectivity index (χ1v) is 9.38. The van der Waals surface area contributed by atoms with Gasteiger partial charge in [-0.25, -0.2) is 0 Å². The molecule has 0 aliphatic heterocycles. The summed E-state index contributed by atoms with van der Waals surface area (Å²) in [5.74, 6) is 3.77. The SMILES string of the molecule is CCCCC1CCC(C2CCC(CCC(=O)OCC)C2)C1. The van der Waals surface area contributed by atoms with Crippen molar-refractivity contribution >= 4 is 5.97 Å². The minimum atomic E-state index is 0.00134. The number of esters is 1. The first kappa shape index (κ1) is 16.8. The third-order valence-electron chi connectivity index (χ3n) is 5.86. The molecule has 2 heteroatoms. The van der Waals surface area contributed by atoms with E-state index >= 15 is 0 Å². The smallest absolute Gasteiger partial charge is 0.305 e. The predicted molar refractivity (Wildman–Crippen MR) is 87.1 cm³/mol. The predicted octanol–water partition coefficient (Wildman–Crippen LogP) is 5.35. The second-order valence-corrected chi connectivity index (χ2v) is 7.36. The number of hydrogen-bond donors (Lipinski definition) is 0. The molecule has 2 aliphatic rings. The lowest BCUT2D eigenvalue weighted by molar-refractivity contribution is -0.143. The van der Waals surface area contributed by atoms with Crippen LogP contribution in [0.2, 0.25) is 0 Å². The summed E-state index contributed by atoms with van der Waals surface area (Å²) in [6.07, 6.45) is 14.5. The van der Waals surface area contributed by atoms with Crippen molar-refractivity contribution in [3.8, 4) is 0 Å². The largest absolute Gasteiger partial charge is 0.466 e. The van der Waals surface area contributed by atoms with Crippen LogP contribution in [0.1, 0.15) is 84.5 Å². The van der Waals surface area contributed by atoms with Crippen molar-refractivity contribution in [3.63, 3.8) is 0 Å². The number of hydrogen-bond acceptors (Lipinski definition) is 2. The lowest BCUT2D eigenvalue weighted by atomic mass is 9.87. The fourth-order valence-corrected chi connectivity index (χ4v) is 4.66. The molecular weight excluding hydrogens is 260 g/mol. The normalized spacial score (nSPS) is 32.5. The zero-order chi connectivity index (χ0) is 15.1. The van der Waals surface area contributed by atoms with Gasteiger partial charge in [0.25, 0.3) is 0 Å². The molecule has 0 amide bonds. The minimum Gasteiger partial charge on any atom is -0.466 e. The standard InChI is InChI=1S/C19H34O2/c1-3-5-6-15-7-10-17(13-15)18-11-8-16(14-18)9-12-19(20)21-4-2/h15-18H,3-14H2,1-2H3. The van der Waals surface area contributed by atoms with Crippen molar-refractivity contribution in [2.24, 2.45) is 23.7 Å². The van der Waals surface area contributed by atoms with Gasteiger partial charge in [0.15, 0.2) is 0 Å². The monoisotopic (exact) mass is 294 g/mol. The van der Waals surface area contributed by atoms with E-state index in [4.69, 9.17) is 4.74 Å². The average Bonchev–Trinajstić information content (AvgIpc) is 3.12. The summed E-state index contributed by atoms with van der Waals surface area (Å²) in [7, 11) is 0. The van der Waals surface area contributed by atoms with Gasteiger partial charge in [-0.05, 0) is 62.7 Å². The van der Waals surface area contributed by atoms with Crippen molar-refractivity contribution in [2.75, 3.05) is 6.61 Å². The van der Waals surface area contributed by atoms with E-state index < -0.39 is 0 Å².